The minimum Gasteiger partial charge on any atom is -0.298 e. The van der Waals surface area contributed by atoms with Gasteiger partial charge in [-0.2, -0.15) is 0 Å². The lowest BCUT2D eigenvalue weighted by Gasteiger charge is -2.13. The molecule has 3 heterocycles. The second-order valence-electron chi connectivity index (χ2n) is 6.39. The van der Waals surface area contributed by atoms with Crippen LogP contribution in [0.2, 0.25) is 0 Å². The Hall–Kier alpha value is -2.70. The topological polar surface area (TPSA) is 54.9 Å². The van der Waals surface area contributed by atoms with Gasteiger partial charge in [-0.05, 0) is 31.2 Å². The molecular formula is C21H15N3OS2. The molecule has 0 unspecified atom stereocenters. The Kier molecular flexibility index (Phi) is 3.95. The summed E-state index contributed by atoms with van der Waals surface area (Å²) in [7, 11) is 0. The number of carbonyl (C=O) groups excluding carboxylic acids is 1. The van der Waals surface area contributed by atoms with E-state index in [1.165, 1.54) is 9.77 Å². The summed E-state index contributed by atoms with van der Waals surface area (Å²) in [5, 5.41) is 4.62. The Bertz CT molecular complexity index is 1200. The third-order valence-electron chi connectivity index (χ3n) is 4.51. The maximum absolute atomic E-state index is 12.7. The van der Waals surface area contributed by atoms with E-state index in [2.05, 4.69) is 22.4 Å². The van der Waals surface area contributed by atoms with Gasteiger partial charge < -0.3 is 0 Å². The molecule has 132 valence electrons. The van der Waals surface area contributed by atoms with Crippen molar-refractivity contribution in [2.24, 2.45) is 0 Å². The highest BCUT2D eigenvalue weighted by Crippen LogP contribution is 2.44. The first-order valence-electron chi connectivity index (χ1n) is 8.58. The summed E-state index contributed by atoms with van der Waals surface area (Å²) in [6.07, 6.45) is 0. The zero-order valence-electron chi connectivity index (χ0n) is 14.5. The van der Waals surface area contributed by atoms with Crippen molar-refractivity contribution in [1.29, 1.82) is 0 Å². The number of carbonyl (C=O) groups is 1. The van der Waals surface area contributed by atoms with Crippen LogP contribution in [0.3, 0.4) is 0 Å². The average Bonchev–Trinajstić information content (AvgIpc) is 3.10. The van der Waals surface area contributed by atoms with Crippen LogP contribution < -0.4 is 5.32 Å². The van der Waals surface area contributed by atoms with Gasteiger partial charge in [0.1, 0.15) is 0 Å². The summed E-state index contributed by atoms with van der Waals surface area (Å²) in [5.74, 6) is 0.728. The van der Waals surface area contributed by atoms with Crippen molar-refractivity contribution in [1.82, 2.24) is 9.97 Å². The van der Waals surface area contributed by atoms with Crippen molar-refractivity contribution < 1.29 is 4.79 Å². The van der Waals surface area contributed by atoms with E-state index in [1.54, 1.807) is 11.3 Å². The van der Waals surface area contributed by atoms with Crippen LogP contribution in [0, 0.1) is 6.92 Å². The van der Waals surface area contributed by atoms with Crippen LogP contribution in [0.1, 0.15) is 20.9 Å². The summed E-state index contributed by atoms with van der Waals surface area (Å²) in [5.41, 5.74) is 4.48. The van der Waals surface area contributed by atoms with Gasteiger partial charge in [-0.3, -0.25) is 15.1 Å². The van der Waals surface area contributed by atoms with Crippen molar-refractivity contribution >= 4 is 45.0 Å². The SMILES string of the molecule is Cc1ccc2ccc(C(=O)Nc3nc4c(s3)CSc3ccccc3-4)cc2n1. The molecule has 1 amide bonds. The average molecular weight is 390 g/mol. The summed E-state index contributed by atoms with van der Waals surface area (Å²) in [4.78, 5) is 24.4. The van der Waals surface area contributed by atoms with Gasteiger partial charge in [-0.1, -0.05) is 30.3 Å². The van der Waals surface area contributed by atoms with Gasteiger partial charge in [0.2, 0.25) is 0 Å². The zero-order valence-corrected chi connectivity index (χ0v) is 16.2. The maximum Gasteiger partial charge on any atom is 0.257 e. The van der Waals surface area contributed by atoms with Gasteiger partial charge in [0, 0.05) is 37.7 Å². The minimum atomic E-state index is -0.160. The minimum absolute atomic E-state index is 0.160. The molecule has 2 aromatic heterocycles. The highest BCUT2D eigenvalue weighted by molar-refractivity contribution is 7.98. The normalized spacial score (nSPS) is 12.5. The molecule has 0 radical (unpaired) electrons. The third kappa shape index (κ3) is 3.01. The molecule has 0 aliphatic carbocycles. The lowest BCUT2D eigenvalue weighted by molar-refractivity contribution is 0.102. The second-order valence-corrected chi connectivity index (χ2v) is 8.49. The fourth-order valence-electron chi connectivity index (χ4n) is 3.17. The Labute approximate surface area is 164 Å². The van der Waals surface area contributed by atoms with Crippen LogP contribution in [-0.4, -0.2) is 15.9 Å². The fourth-order valence-corrected chi connectivity index (χ4v) is 5.27. The Balaban J connectivity index is 1.45. The van der Waals surface area contributed by atoms with Gasteiger partial charge >= 0.3 is 0 Å². The van der Waals surface area contributed by atoms with Crippen LogP contribution in [0.4, 0.5) is 5.13 Å². The van der Waals surface area contributed by atoms with E-state index in [0.717, 1.165) is 33.6 Å². The predicted octanol–water partition coefficient (Wildman–Crippen LogP) is 5.52. The van der Waals surface area contributed by atoms with Gasteiger partial charge in [-0.25, -0.2) is 4.98 Å². The monoisotopic (exact) mass is 389 g/mol. The number of amides is 1. The number of anilines is 1. The van der Waals surface area contributed by atoms with Crippen LogP contribution in [-0.2, 0) is 5.75 Å². The second kappa shape index (κ2) is 6.48. The molecule has 4 nitrogen and oxygen atoms in total. The quantitative estimate of drug-likeness (QED) is 0.490. The van der Waals surface area contributed by atoms with Crippen molar-refractivity contribution in [2.45, 2.75) is 17.6 Å². The molecule has 0 atom stereocenters. The molecule has 0 saturated heterocycles. The van der Waals surface area contributed by atoms with Gasteiger partial charge in [0.25, 0.3) is 5.91 Å². The molecule has 0 saturated carbocycles. The third-order valence-corrected chi connectivity index (χ3v) is 6.77. The molecule has 1 aliphatic rings. The van der Waals surface area contributed by atoms with E-state index < -0.39 is 0 Å². The van der Waals surface area contributed by atoms with E-state index in [1.807, 2.05) is 61.2 Å². The summed E-state index contributed by atoms with van der Waals surface area (Å²) >= 11 is 3.36. The number of hydrogen-bond donors (Lipinski definition) is 1. The Morgan fingerprint density at radius 3 is 2.85 bits per heavy atom. The fraction of sp³-hybridized carbons (Fsp3) is 0.0952. The number of thioether (sulfide) groups is 1. The lowest BCUT2D eigenvalue weighted by Crippen LogP contribution is -2.11. The number of fused-ring (bicyclic) bond motifs is 4. The molecule has 5 rings (SSSR count). The first kappa shape index (κ1) is 16.5. The number of nitrogens with one attached hydrogen (secondary N) is 1. The molecule has 6 heteroatoms. The predicted molar refractivity (Wildman–Crippen MR) is 112 cm³/mol. The highest BCUT2D eigenvalue weighted by atomic mass is 32.2. The molecule has 0 fully saturated rings. The van der Waals surface area contributed by atoms with E-state index in [4.69, 9.17) is 4.98 Å². The van der Waals surface area contributed by atoms with Crippen molar-refractivity contribution in [3.63, 3.8) is 0 Å². The van der Waals surface area contributed by atoms with Crippen LogP contribution in [0.15, 0.2) is 59.5 Å². The number of aryl methyl sites for hydroxylation is 1. The van der Waals surface area contributed by atoms with Gasteiger partial charge in [0.05, 0.1) is 11.2 Å². The molecule has 1 aliphatic heterocycles. The van der Waals surface area contributed by atoms with Gasteiger partial charge in [-0.15, -0.1) is 23.1 Å². The van der Waals surface area contributed by atoms with Crippen LogP contribution >= 0.6 is 23.1 Å². The molecule has 4 aromatic rings. The maximum atomic E-state index is 12.7. The summed E-state index contributed by atoms with van der Waals surface area (Å²) < 4.78 is 0. The number of aromatic nitrogens is 2. The molecule has 0 bridgehead atoms. The summed E-state index contributed by atoms with van der Waals surface area (Å²) in [6, 6.07) is 17.8. The first-order valence-corrected chi connectivity index (χ1v) is 10.4. The molecule has 0 spiro atoms. The van der Waals surface area contributed by atoms with E-state index >= 15 is 0 Å². The number of nitrogens with zero attached hydrogens (tertiary/aromatic N) is 2. The highest BCUT2D eigenvalue weighted by Gasteiger charge is 2.22. The zero-order chi connectivity index (χ0) is 18.4. The smallest absolute Gasteiger partial charge is 0.257 e. The summed E-state index contributed by atoms with van der Waals surface area (Å²) in [6.45, 7) is 1.95. The number of hydrogen-bond acceptors (Lipinski definition) is 5. The number of pyridine rings is 1. The van der Waals surface area contributed by atoms with E-state index in [-0.39, 0.29) is 5.91 Å². The van der Waals surface area contributed by atoms with Crippen molar-refractivity contribution in [2.75, 3.05) is 5.32 Å². The number of benzene rings is 2. The van der Waals surface area contributed by atoms with Gasteiger partial charge in [0.15, 0.2) is 5.13 Å². The molecular weight excluding hydrogens is 374 g/mol. The first-order chi connectivity index (χ1) is 13.2. The molecule has 2 aromatic carbocycles. The standard InChI is InChI=1S/C21H15N3OS2/c1-12-6-7-13-8-9-14(10-16(13)22-12)20(25)24-21-23-19-15-4-2-3-5-17(15)26-11-18(19)27-21/h2-10H,11H2,1H3,(H,23,24,25). The molecule has 27 heavy (non-hydrogen) atoms. The lowest BCUT2D eigenvalue weighted by atomic mass is 10.1. The Morgan fingerprint density at radius 1 is 1.07 bits per heavy atom. The van der Waals surface area contributed by atoms with Crippen molar-refractivity contribution in [3.8, 4) is 11.3 Å². The number of rotatable bonds is 2. The Morgan fingerprint density at radius 2 is 1.93 bits per heavy atom. The van der Waals surface area contributed by atoms with Crippen molar-refractivity contribution in [3.05, 3.63) is 70.7 Å². The number of thiazole rings is 1. The van der Waals surface area contributed by atoms with Crippen LogP contribution in [0.5, 0.6) is 0 Å². The molecule has 1 N–H and O–H groups in total. The largest absolute Gasteiger partial charge is 0.298 e. The van der Waals surface area contributed by atoms with Crippen LogP contribution in [0.25, 0.3) is 22.2 Å². The van der Waals surface area contributed by atoms with E-state index in [0.29, 0.717) is 10.7 Å². The van der Waals surface area contributed by atoms with E-state index in [9.17, 15) is 4.79 Å².